The van der Waals surface area contributed by atoms with Crippen LogP contribution in [0.3, 0.4) is 0 Å². The van der Waals surface area contributed by atoms with Crippen molar-refractivity contribution in [2.24, 2.45) is 0 Å². The van der Waals surface area contributed by atoms with Gasteiger partial charge in [-0.2, -0.15) is 0 Å². The van der Waals surface area contributed by atoms with E-state index in [1.54, 1.807) is 35.7 Å². The first-order valence-corrected chi connectivity index (χ1v) is 10.9. The van der Waals surface area contributed by atoms with Crippen molar-refractivity contribution in [1.29, 1.82) is 0 Å². The van der Waals surface area contributed by atoms with Crippen molar-refractivity contribution in [2.75, 3.05) is 12.4 Å². The minimum absolute atomic E-state index is 0.00487. The highest BCUT2D eigenvalue weighted by Gasteiger charge is 2.34. The van der Waals surface area contributed by atoms with E-state index in [-0.39, 0.29) is 33.8 Å². The number of nitrogens with one attached hydrogen (secondary N) is 1. The Kier molecular flexibility index (Phi) is 4.60. The Hall–Kier alpha value is -2.84. The monoisotopic (exact) mass is 415 g/mol. The number of hydrogen-bond donors (Lipinski definition) is 2. The summed E-state index contributed by atoms with van der Waals surface area (Å²) < 4.78 is 31.3. The standard InChI is InChI=1S/C20H17NO5S2/c1-26-16-9-12(7-8-15(16)22)14-10-18(23)21-19-17(11-27-20(14)19)28(24,25)13-5-3-2-4-6-13/h2-9,11,14,22H,10H2,1H3,(H,21,23). The second-order valence-corrected chi connectivity index (χ2v) is 9.22. The molecule has 8 heteroatoms. The fourth-order valence-corrected chi connectivity index (χ4v) is 6.24. The molecule has 1 unspecified atom stereocenters. The van der Waals surface area contributed by atoms with Crippen LogP contribution in [0.1, 0.15) is 22.8 Å². The summed E-state index contributed by atoms with van der Waals surface area (Å²) >= 11 is 1.30. The molecule has 3 aromatic rings. The van der Waals surface area contributed by atoms with Crippen LogP contribution in [0.2, 0.25) is 0 Å². The van der Waals surface area contributed by atoms with Gasteiger partial charge in [0.2, 0.25) is 15.7 Å². The van der Waals surface area contributed by atoms with Crippen LogP contribution in [0.4, 0.5) is 5.69 Å². The van der Waals surface area contributed by atoms with Gasteiger partial charge in [0, 0.05) is 22.6 Å². The summed E-state index contributed by atoms with van der Waals surface area (Å²) in [4.78, 5) is 13.4. The van der Waals surface area contributed by atoms with Crippen LogP contribution in [-0.4, -0.2) is 26.5 Å². The van der Waals surface area contributed by atoms with Gasteiger partial charge >= 0.3 is 0 Å². The highest BCUT2D eigenvalue weighted by atomic mass is 32.2. The number of amides is 1. The average Bonchev–Trinajstić information content (AvgIpc) is 3.13. The van der Waals surface area contributed by atoms with Crippen LogP contribution in [0.15, 0.2) is 63.7 Å². The van der Waals surface area contributed by atoms with Gasteiger partial charge in [0.05, 0.1) is 17.7 Å². The first-order valence-electron chi connectivity index (χ1n) is 8.50. The minimum Gasteiger partial charge on any atom is -0.504 e. The predicted molar refractivity (Wildman–Crippen MR) is 106 cm³/mol. The van der Waals surface area contributed by atoms with Crippen LogP contribution < -0.4 is 10.1 Å². The molecule has 1 aliphatic heterocycles. The van der Waals surface area contributed by atoms with Crippen LogP contribution in [-0.2, 0) is 14.6 Å². The maximum atomic E-state index is 13.1. The van der Waals surface area contributed by atoms with E-state index in [0.29, 0.717) is 11.4 Å². The third-order valence-corrected chi connectivity index (χ3v) is 7.74. The van der Waals surface area contributed by atoms with Gasteiger partial charge in [0.1, 0.15) is 4.90 Å². The molecule has 1 aromatic heterocycles. The zero-order valence-electron chi connectivity index (χ0n) is 14.9. The van der Waals surface area contributed by atoms with E-state index < -0.39 is 9.84 Å². The molecule has 144 valence electrons. The van der Waals surface area contributed by atoms with Crippen molar-refractivity contribution < 1.29 is 23.1 Å². The van der Waals surface area contributed by atoms with Crippen molar-refractivity contribution in [3.05, 3.63) is 64.4 Å². The van der Waals surface area contributed by atoms with Crippen molar-refractivity contribution >= 4 is 32.8 Å². The number of phenols is 1. The molecule has 2 heterocycles. The number of thiophene rings is 1. The normalized spacial score (nSPS) is 16.3. The molecule has 6 nitrogen and oxygen atoms in total. The number of fused-ring (bicyclic) bond motifs is 1. The number of sulfone groups is 1. The third kappa shape index (κ3) is 3.04. The maximum absolute atomic E-state index is 13.1. The molecule has 1 atom stereocenters. The number of carbonyl (C=O) groups excluding carboxylic acids is 1. The summed E-state index contributed by atoms with van der Waals surface area (Å²) in [5.74, 6) is -0.264. The first kappa shape index (κ1) is 18.5. The summed E-state index contributed by atoms with van der Waals surface area (Å²) in [5.41, 5.74) is 1.11. The first-order chi connectivity index (χ1) is 13.4. The summed E-state index contributed by atoms with van der Waals surface area (Å²) in [6, 6.07) is 13.0. The molecular formula is C20H17NO5S2. The van der Waals surface area contributed by atoms with Crippen LogP contribution in [0, 0.1) is 0 Å². The largest absolute Gasteiger partial charge is 0.504 e. The van der Waals surface area contributed by atoms with E-state index in [1.807, 2.05) is 0 Å². The molecule has 0 aliphatic carbocycles. The lowest BCUT2D eigenvalue weighted by atomic mass is 9.90. The second kappa shape index (κ2) is 6.96. The van der Waals surface area contributed by atoms with E-state index in [0.717, 1.165) is 10.4 Å². The lowest BCUT2D eigenvalue weighted by Gasteiger charge is -2.24. The van der Waals surface area contributed by atoms with Gasteiger partial charge in [0.25, 0.3) is 0 Å². The van der Waals surface area contributed by atoms with Gasteiger partial charge in [0.15, 0.2) is 11.5 Å². The van der Waals surface area contributed by atoms with E-state index in [2.05, 4.69) is 5.32 Å². The predicted octanol–water partition coefficient (Wildman–Crippen LogP) is 3.77. The lowest BCUT2D eigenvalue weighted by molar-refractivity contribution is -0.116. The van der Waals surface area contributed by atoms with Crippen LogP contribution in [0.5, 0.6) is 11.5 Å². The number of anilines is 1. The quantitative estimate of drug-likeness (QED) is 0.677. The molecule has 0 fully saturated rings. The van der Waals surface area contributed by atoms with Crippen LogP contribution >= 0.6 is 11.3 Å². The maximum Gasteiger partial charge on any atom is 0.225 e. The van der Waals surface area contributed by atoms with Crippen LogP contribution in [0.25, 0.3) is 0 Å². The Morgan fingerprint density at radius 1 is 1.18 bits per heavy atom. The zero-order valence-corrected chi connectivity index (χ0v) is 16.5. The van der Waals surface area contributed by atoms with Gasteiger partial charge in [-0.25, -0.2) is 8.42 Å². The summed E-state index contributed by atoms with van der Waals surface area (Å²) in [6.07, 6.45) is 0.187. The number of methoxy groups -OCH3 is 1. The number of hydrogen-bond acceptors (Lipinski definition) is 6. The molecule has 0 spiro atoms. The molecule has 0 saturated heterocycles. The number of phenolic OH excluding ortho intramolecular Hbond substituents is 1. The smallest absolute Gasteiger partial charge is 0.225 e. The van der Waals surface area contributed by atoms with Gasteiger partial charge < -0.3 is 15.2 Å². The van der Waals surface area contributed by atoms with Gasteiger partial charge in [-0.15, -0.1) is 11.3 Å². The van der Waals surface area contributed by atoms with E-state index in [1.165, 1.54) is 36.6 Å². The molecule has 1 aliphatic rings. The van der Waals surface area contributed by atoms with Gasteiger partial charge in [-0.1, -0.05) is 24.3 Å². The van der Waals surface area contributed by atoms with E-state index in [9.17, 15) is 18.3 Å². The molecule has 0 radical (unpaired) electrons. The second-order valence-electron chi connectivity index (χ2n) is 6.39. The van der Waals surface area contributed by atoms with Crippen molar-refractivity contribution in [3.8, 4) is 11.5 Å². The Labute approximate surface area is 166 Å². The molecule has 2 N–H and O–H groups in total. The van der Waals surface area contributed by atoms with E-state index >= 15 is 0 Å². The summed E-state index contributed by atoms with van der Waals surface area (Å²) in [7, 11) is -2.30. The fourth-order valence-electron chi connectivity index (χ4n) is 3.31. The molecule has 0 bridgehead atoms. The Morgan fingerprint density at radius 3 is 2.64 bits per heavy atom. The Morgan fingerprint density at radius 2 is 1.93 bits per heavy atom. The highest BCUT2D eigenvalue weighted by Crippen LogP contribution is 2.46. The molecule has 28 heavy (non-hydrogen) atoms. The van der Waals surface area contributed by atoms with Crippen molar-refractivity contribution in [2.45, 2.75) is 22.1 Å². The number of carbonyl (C=O) groups is 1. The topological polar surface area (TPSA) is 92.7 Å². The van der Waals surface area contributed by atoms with E-state index in [4.69, 9.17) is 4.74 Å². The fraction of sp³-hybridized carbons (Fsp3) is 0.150. The molecule has 4 rings (SSSR count). The number of ether oxygens (including phenoxy) is 1. The highest BCUT2D eigenvalue weighted by molar-refractivity contribution is 7.91. The SMILES string of the molecule is COc1cc(C2CC(=O)Nc3c(S(=O)(=O)c4ccccc4)csc32)ccc1O. The Bertz CT molecular complexity index is 1150. The summed E-state index contributed by atoms with van der Waals surface area (Å²) in [6.45, 7) is 0. The lowest BCUT2D eigenvalue weighted by Crippen LogP contribution is -2.23. The number of benzene rings is 2. The third-order valence-electron chi connectivity index (χ3n) is 4.71. The molecule has 0 saturated carbocycles. The molecule has 2 aromatic carbocycles. The van der Waals surface area contributed by atoms with Gasteiger partial charge in [-0.3, -0.25) is 4.79 Å². The molecule has 1 amide bonds. The number of aromatic hydroxyl groups is 1. The minimum atomic E-state index is -3.75. The molecular weight excluding hydrogens is 398 g/mol. The van der Waals surface area contributed by atoms with Crippen molar-refractivity contribution in [3.63, 3.8) is 0 Å². The Balaban J connectivity index is 1.83. The summed E-state index contributed by atoms with van der Waals surface area (Å²) in [5, 5.41) is 14.1. The van der Waals surface area contributed by atoms with Crippen molar-refractivity contribution in [1.82, 2.24) is 0 Å². The van der Waals surface area contributed by atoms with Gasteiger partial charge in [-0.05, 0) is 29.8 Å². The number of rotatable bonds is 4. The zero-order chi connectivity index (χ0) is 19.9. The average molecular weight is 415 g/mol.